The van der Waals surface area contributed by atoms with Crippen LogP contribution in [-0.4, -0.2) is 42.7 Å². The molecule has 6 heteroatoms. The molecule has 0 atom stereocenters. The molecule has 5 nitrogen and oxygen atoms in total. The molecule has 0 saturated heterocycles. The van der Waals surface area contributed by atoms with Crippen LogP contribution in [0.25, 0.3) is 10.9 Å². The van der Waals surface area contributed by atoms with Gasteiger partial charge in [0.1, 0.15) is 11.4 Å². The van der Waals surface area contributed by atoms with Gasteiger partial charge in [-0.2, -0.15) is 0 Å². The van der Waals surface area contributed by atoms with Gasteiger partial charge in [-0.3, -0.25) is 0 Å². The average Bonchev–Trinajstić information content (AvgIpc) is 2.84. The van der Waals surface area contributed by atoms with Crippen molar-refractivity contribution in [1.29, 1.82) is 0 Å². The second kappa shape index (κ2) is 6.19. The van der Waals surface area contributed by atoms with Crippen molar-refractivity contribution in [3.8, 4) is 5.75 Å². The van der Waals surface area contributed by atoms with Crippen LogP contribution in [0.2, 0.25) is 0 Å². The summed E-state index contributed by atoms with van der Waals surface area (Å²) in [4.78, 5) is 12.5. The van der Waals surface area contributed by atoms with Gasteiger partial charge in [-0.1, -0.05) is 0 Å². The highest BCUT2D eigenvalue weighted by Gasteiger charge is 2.19. The first-order chi connectivity index (χ1) is 9.63. The number of aromatic carboxylic acids is 1. The van der Waals surface area contributed by atoms with Gasteiger partial charge in [0.05, 0.1) is 19.2 Å². The van der Waals surface area contributed by atoms with E-state index in [1.54, 1.807) is 36.6 Å². The third kappa shape index (κ3) is 2.48. The van der Waals surface area contributed by atoms with Gasteiger partial charge in [0.2, 0.25) is 0 Å². The number of carboxylic acid groups (broad SMARTS) is 1. The molecule has 0 saturated carbocycles. The molecule has 1 aromatic heterocycles. The Morgan fingerprint density at radius 2 is 2.15 bits per heavy atom. The lowest BCUT2D eigenvalue weighted by Gasteiger charge is -2.11. The van der Waals surface area contributed by atoms with Crippen molar-refractivity contribution < 1.29 is 19.4 Å². The normalized spacial score (nSPS) is 10.9. The predicted molar refractivity (Wildman–Crippen MR) is 79.1 cm³/mol. The summed E-state index contributed by atoms with van der Waals surface area (Å²) in [6.45, 7) is 0.942. The lowest BCUT2D eigenvalue weighted by molar-refractivity contribution is 0.0683. The number of benzene rings is 1. The highest BCUT2D eigenvalue weighted by Crippen LogP contribution is 2.35. The molecule has 0 aliphatic carbocycles. The number of methoxy groups -OCH3 is 2. The van der Waals surface area contributed by atoms with Gasteiger partial charge in [0, 0.05) is 23.9 Å². The van der Waals surface area contributed by atoms with Crippen molar-refractivity contribution in [3.05, 3.63) is 23.9 Å². The number of nitrogens with zero attached hydrogens (tertiary/aromatic N) is 1. The van der Waals surface area contributed by atoms with Crippen LogP contribution in [0.1, 0.15) is 10.5 Å². The number of aromatic nitrogens is 1. The lowest BCUT2D eigenvalue weighted by Crippen LogP contribution is -2.11. The number of carbonyl (C=O) groups is 1. The topological polar surface area (TPSA) is 60.7 Å². The van der Waals surface area contributed by atoms with Crippen molar-refractivity contribution in [1.82, 2.24) is 4.57 Å². The second-order valence-electron chi connectivity index (χ2n) is 4.21. The van der Waals surface area contributed by atoms with Crippen molar-refractivity contribution in [3.63, 3.8) is 0 Å². The number of hydrogen-bond acceptors (Lipinski definition) is 4. The average molecular weight is 295 g/mol. The quantitative estimate of drug-likeness (QED) is 0.830. The van der Waals surface area contributed by atoms with E-state index in [0.29, 0.717) is 18.9 Å². The number of thioether (sulfide) groups is 1. The van der Waals surface area contributed by atoms with Gasteiger partial charge in [-0.05, 0) is 24.5 Å². The monoisotopic (exact) mass is 295 g/mol. The van der Waals surface area contributed by atoms with Crippen LogP contribution in [0, 0.1) is 0 Å². The van der Waals surface area contributed by atoms with Gasteiger partial charge in [-0.25, -0.2) is 4.79 Å². The van der Waals surface area contributed by atoms with E-state index in [0.717, 1.165) is 15.8 Å². The van der Waals surface area contributed by atoms with Crippen molar-refractivity contribution in [2.75, 3.05) is 27.1 Å². The zero-order chi connectivity index (χ0) is 14.7. The largest absolute Gasteiger partial charge is 0.496 e. The van der Waals surface area contributed by atoms with E-state index in [1.165, 1.54) is 0 Å². The van der Waals surface area contributed by atoms with Crippen LogP contribution in [0.15, 0.2) is 23.1 Å². The standard InChI is InChI=1S/C14H17NO4S/c1-18-7-6-15-10(14(16)17)8-9-11(19-2)4-5-12(20-3)13(9)15/h4-5,8H,6-7H2,1-3H3,(H,16,17). The van der Waals surface area contributed by atoms with Crippen LogP contribution >= 0.6 is 11.8 Å². The highest BCUT2D eigenvalue weighted by molar-refractivity contribution is 7.98. The van der Waals surface area contributed by atoms with E-state index in [1.807, 2.05) is 18.4 Å². The fraction of sp³-hybridized carbons (Fsp3) is 0.357. The Kier molecular flexibility index (Phi) is 4.57. The van der Waals surface area contributed by atoms with Gasteiger partial charge >= 0.3 is 5.97 Å². The Hall–Kier alpha value is -1.66. The van der Waals surface area contributed by atoms with Crippen LogP contribution in [0.5, 0.6) is 5.75 Å². The Balaban J connectivity index is 2.75. The Labute approximate surface area is 121 Å². The van der Waals surface area contributed by atoms with Crippen LogP contribution < -0.4 is 4.74 Å². The van der Waals surface area contributed by atoms with Crippen molar-refractivity contribution in [2.45, 2.75) is 11.4 Å². The Morgan fingerprint density at radius 3 is 2.70 bits per heavy atom. The molecule has 2 rings (SSSR count). The summed E-state index contributed by atoms with van der Waals surface area (Å²) in [5.41, 5.74) is 1.13. The van der Waals surface area contributed by atoms with E-state index in [9.17, 15) is 9.90 Å². The molecule has 0 bridgehead atoms. The molecular formula is C14H17NO4S. The van der Waals surface area contributed by atoms with Gasteiger partial charge in [0.25, 0.3) is 0 Å². The zero-order valence-electron chi connectivity index (χ0n) is 11.7. The van der Waals surface area contributed by atoms with E-state index < -0.39 is 5.97 Å². The molecule has 0 fully saturated rings. The smallest absolute Gasteiger partial charge is 0.352 e. The first-order valence-electron chi connectivity index (χ1n) is 6.10. The molecule has 108 valence electrons. The first-order valence-corrected chi connectivity index (χ1v) is 7.33. The molecule has 0 spiro atoms. The van der Waals surface area contributed by atoms with E-state index in [2.05, 4.69) is 0 Å². The van der Waals surface area contributed by atoms with Crippen LogP contribution in [0.4, 0.5) is 0 Å². The highest BCUT2D eigenvalue weighted by atomic mass is 32.2. The molecule has 0 aliphatic rings. The Morgan fingerprint density at radius 1 is 1.40 bits per heavy atom. The molecule has 0 aliphatic heterocycles. The maximum absolute atomic E-state index is 11.4. The number of fused-ring (bicyclic) bond motifs is 1. The second-order valence-corrected chi connectivity index (χ2v) is 5.06. The maximum atomic E-state index is 11.4. The molecular weight excluding hydrogens is 278 g/mol. The summed E-state index contributed by atoms with van der Waals surface area (Å²) in [6, 6.07) is 5.47. The maximum Gasteiger partial charge on any atom is 0.352 e. The van der Waals surface area contributed by atoms with Crippen LogP contribution in [-0.2, 0) is 11.3 Å². The van der Waals surface area contributed by atoms with Gasteiger partial charge < -0.3 is 19.1 Å². The third-order valence-electron chi connectivity index (χ3n) is 3.16. The van der Waals surface area contributed by atoms with Gasteiger partial charge in [-0.15, -0.1) is 11.8 Å². The lowest BCUT2D eigenvalue weighted by atomic mass is 10.2. The summed E-state index contributed by atoms with van der Waals surface area (Å²) in [6.07, 6.45) is 1.97. The SMILES string of the molecule is COCCn1c(C(=O)O)cc2c(OC)ccc(SC)c21. The molecule has 20 heavy (non-hydrogen) atoms. The minimum absolute atomic E-state index is 0.247. The fourth-order valence-corrected chi connectivity index (χ4v) is 2.87. The number of ether oxygens (including phenoxy) is 2. The molecule has 1 heterocycles. The number of rotatable bonds is 6. The zero-order valence-corrected chi connectivity index (χ0v) is 12.5. The molecule has 0 unspecified atom stereocenters. The molecule has 0 amide bonds. The third-order valence-corrected chi connectivity index (χ3v) is 3.93. The van der Waals surface area contributed by atoms with E-state index >= 15 is 0 Å². The summed E-state index contributed by atoms with van der Waals surface area (Å²) < 4.78 is 12.2. The summed E-state index contributed by atoms with van der Waals surface area (Å²) in [5, 5.41) is 10.2. The minimum atomic E-state index is -0.952. The van der Waals surface area contributed by atoms with E-state index in [4.69, 9.17) is 9.47 Å². The molecule has 1 N–H and O–H groups in total. The summed E-state index contributed by atoms with van der Waals surface area (Å²) >= 11 is 1.58. The fourth-order valence-electron chi connectivity index (χ4n) is 2.26. The van der Waals surface area contributed by atoms with Crippen molar-refractivity contribution in [2.24, 2.45) is 0 Å². The van der Waals surface area contributed by atoms with Crippen molar-refractivity contribution >= 4 is 28.6 Å². The van der Waals surface area contributed by atoms with Crippen LogP contribution in [0.3, 0.4) is 0 Å². The summed E-state index contributed by atoms with van der Waals surface area (Å²) in [5.74, 6) is -0.275. The molecule has 0 radical (unpaired) electrons. The molecule has 1 aromatic carbocycles. The number of carboxylic acids is 1. The first kappa shape index (κ1) is 14.7. The Bertz CT molecular complexity index is 636. The summed E-state index contributed by atoms with van der Waals surface area (Å²) in [7, 11) is 3.18. The predicted octanol–water partition coefficient (Wildman–Crippen LogP) is 2.72. The number of hydrogen-bond donors (Lipinski definition) is 1. The van der Waals surface area contributed by atoms with E-state index in [-0.39, 0.29) is 5.69 Å². The molecule has 2 aromatic rings. The van der Waals surface area contributed by atoms with Gasteiger partial charge in [0.15, 0.2) is 0 Å². The minimum Gasteiger partial charge on any atom is -0.496 e.